The van der Waals surface area contributed by atoms with Gasteiger partial charge >= 0.3 is 5.82 Å². The number of nitrogen functional groups attached to an aromatic ring is 1. The van der Waals surface area contributed by atoms with Gasteiger partial charge in [0.05, 0.1) is 44.0 Å². The van der Waals surface area contributed by atoms with Crippen molar-refractivity contribution >= 4 is 34.8 Å². The summed E-state index contributed by atoms with van der Waals surface area (Å²) in [5, 5.41) is 0. The molecule has 4 aliphatic heterocycles. The monoisotopic (exact) mass is 604 g/mol. The number of allylic oxidation sites excluding steroid dienone is 6. The molecule has 0 fully saturated rings. The van der Waals surface area contributed by atoms with Crippen molar-refractivity contribution in [3.8, 4) is 0 Å². The molecule has 2 aromatic rings. The lowest BCUT2D eigenvalue weighted by Gasteiger charge is -2.37. The van der Waals surface area contributed by atoms with E-state index in [9.17, 15) is 0 Å². The third kappa shape index (κ3) is 5.44. The highest BCUT2D eigenvalue weighted by atomic mass is 32.2. The molecule has 6 nitrogen and oxygen atoms in total. The number of aliphatic imine (C=N–C) groups is 2. The fourth-order valence-corrected chi connectivity index (χ4v) is 7.50. The normalized spacial score (nSPS) is 23.3. The van der Waals surface area contributed by atoms with Crippen molar-refractivity contribution < 1.29 is 9.05 Å². The molecule has 0 amide bonds. The number of amidine groups is 1. The van der Waals surface area contributed by atoms with Gasteiger partial charge in [-0.05, 0) is 79.5 Å². The lowest BCUT2D eigenvalue weighted by molar-refractivity contribution is -0.881. The highest BCUT2D eigenvalue weighted by Crippen LogP contribution is 2.45. The van der Waals surface area contributed by atoms with E-state index in [4.69, 9.17) is 15.7 Å². The zero-order valence-electron chi connectivity index (χ0n) is 27.2. The third-order valence-electron chi connectivity index (χ3n) is 9.14. The molecule has 226 valence electrons. The molecule has 4 aliphatic rings. The van der Waals surface area contributed by atoms with E-state index in [1.165, 1.54) is 32.1 Å². The summed E-state index contributed by atoms with van der Waals surface area (Å²) in [4.78, 5) is 14.8. The Bertz CT molecular complexity index is 1770. The van der Waals surface area contributed by atoms with Crippen molar-refractivity contribution in [2.24, 2.45) is 22.4 Å². The Morgan fingerprint density at radius 3 is 2.43 bits per heavy atom. The van der Waals surface area contributed by atoms with Crippen LogP contribution in [0.1, 0.15) is 33.3 Å². The number of nitrogens with two attached hydrogens (primary N) is 1. The quantitative estimate of drug-likeness (QED) is 0.233. The van der Waals surface area contributed by atoms with Gasteiger partial charge in [0.25, 0.3) is 0 Å². The molecule has 0 bridgehead atoms. The first-order valence-corrected chi connectivity index (χ1v) is 16.1. The van der Waals surface area contributed by atoms with Crippen LogP contribution in [0.2, 0.25) is 0 Å². The van der Waals surface area contributed by atoms with Gasteiger partial charge in [-0.2, -0.15) is 0 Å². The zero-order valence-corrected chi connectivity index (χ0v) is 28.0. The Morgan fingerprint density at radius 1 is 0.977 bits per heavy atom. The molecular weight excluding hydrogens is 561 g/mol. The van der Waals surface area contributed by atoms with Gasteiger partial charge in [-0.1, -0.05) is 37.8 Å². The van der Waals surface area contributed by atoms with Crippen LogP contribution in [0.3, 0.4) is 0 Å². The Morgan fingerprint density at radius 2 is 1.73 bits per heavy atom. The Balaban J connectivity index is 1.44. The number of benzene rings is 1. The molecule has 0 atom stereocenters. The fraction of sp³-hybridized carbons (Fsp3) is 0.324. The molecule has 44 heavy (non-hydrogen) atoms. The molecule has 2 N–H and O–H groups in total. The van der Waals surface area contributed by atoms with Crippen LogP contribution < -0.4 is 10.3 Å². The molecule has 1 aromatic heterocycles. The topological polar surface area (TPSA) is 57.9 Å². The van der Waals surface area contributed by atoms with E-state index in [-0.39, 0.29) is 10.8 Å². The smallest absolute Gasteiger partial charge is 0.327 e. The molecule has 1 aromatic carbocycles. The molecule has 0 saturated heterocycles. The van der Waals surface area contributed by atoms with E-state index in [0.29, 0.717) is 0 Å². The van der Waals surface area contributed by atoms with Gasteiger partial charge in [0.2, 0.25) is 0 Å². The Hall–Kier alpha value is -3.94. The molecule has 5 heterocycles. The van der Waals surface area contributed by atoms with Gasteiger partial charge in [-0.25, -0.2) is 9.56 Å². The molecule has 0 radical (unpaired) electrons. The van der Waals surface area contributed by atoms with E-state index < -0.39 is 0 Å². The Kier molecular flexibility index (Phi) is 7.45. The van der Waals surface area contributed by atoms with Gasteiger partial charge < -0.3 is 15.1 Å². The largest absolute Gasteiger partial charge is 0.399 e. The van der Waals surface area contributed by atoms with Crippen molar-refractivity contribution in [1.29, 1.82) is 0 Å². The van der Waals surface area contributed by atoms with Gasteiger partial charge in [0, 0.05) is 50.9 Å². The summed E-state index contributed by atoms with van der Waals surface area (Å²) < 4.78 is 2.98. The van der Waals surface area contributed by atoms with Crippen LogP contribution in [0.5, 0.6) is 0 Å². The molecule has 0 spiro atoms. The first-order valence-electron chi connectivity index (χ1n) is 15.2. The second-order valence-corrected chi connectivity index (χ2v) is 15.0. The zero-order chi connectivity index (χ0) is 31.4. The molecule has 7 heteroatoms. The fourth-order valence-electron chi connectivity index (χ4n) is 6.46. The molecule has 0 saturated carbocycles. The number of hydrogen-bond acceptors (Lipinski definition) is 5. The van der Waals surface area contributed by atoms with Crippen LogP contribution in [0, 0.1) is 5.41 Å². The summed E-state index contributed by atoms with van der Waals surface area (Å²) >= 11 is 1.82. The van der Waals surface area contributed by atoms with Crippen molar-refractivity contribution in [3.05, 3.63) is 118 Å². The van der Waals surface area contributed by atoms with E-state index in [1.54, 1.807) is 0 Å². The number of anilines is 1. The van der Waals surface area contributed by atoms with Crippen molar-refractivity contribution in [1.82, 2.24) is 4.90 Å². The molecule has 0 aliphatic carbocycles. The first-order chi connectivity index (χ1) is 20.8. The van der Waals surface area contributed by atoms with Gasteiger partial charge in [0.1, 0.15) is 18.9 Å². The maximum absolute atomic E-state index is 6.05. The number of fused-ring (bicyclic) bond motifs is 2. The number of hydrogen-bond donors (Lipinski definition) is 1. The number of aromatic nitrogens is 1. The average Bonchev–Trinajstić information content (AvgIpc) is 3.38. The second-order valence-electron chi connectivity index (χ2n) is 13.9. The summed E-state index contributed by atoms with van der Waals surface area (Å²) in [6.07, 6.45) is 17.5. The number of rotatable bonds is 5. The number of thioether (sulfide) groups is 1. The van der Waals surface area contributed by atoms with Gasteiger partial charge in [-0.3, -0.25) is 0 Å². The van der Waals surface area contributed by atoms with E-state index in [1.807, 2.05) is 23.9 Å². The van der Waals surface area contributed by atoms with Crippen molar-refractivity contribution in [3.63, 3.8) is 0 Å². The minimum absolute atomic E-state index is 0.168. The summed E-state index contributed by atoms with van der Waals surface area (Å²) in [5.41, 5.74) is 13.8. The van der Waals surface area contributed by atoms with E-state index in [2.05, 4.69) is 138 Å². The van der Waals surface area contributed by atoms with Gasteiger partial charge in [0.15, 0.2) is 5.71 Å². The highest BCUT2D eigenvalue weighted by molar-refractivity contribution is 8.03. The number of quaternary nitrogens is 1. The molecule has 0 unspecified atom stereocenters. The number of aryl methyl sites for hydroxylation is 1. The van der Waals surface area contributed by atoms with Crippen LogP contribution in [-0.2, 0) is 12.5 Å². The standard InChI is InChI=1S/C37H44N6S/c1-36(2)29-11-9-21-41(5)34(29)39-31(36)19-13-25-23-43(7,8)24-26(33(25)44-28-17-15-27(38)16-18-28)14-20-32-37(3,4)30-12-10-22-42(6)35(30)40-32/h9-22H,23-24,38H2,1-8H3/q+2. The van der Waals surface area contributed by atoms with Gasteiger partial charge in [-0.15, -0.1) is 0 Å². The summed E-state index contributed by atoms with van der Waals surface area (Å²) in [6, 6.07) is 12.5. The summed E-state index contributed by atoms with van der Waals surface area (Å²) in [5.74, 6) is 2.07. The Labute approximate surface area is 266 Å². The summed E-state index contributed by atoms with van der Waals surface area (Å²) in [6.45, 7) is 10.9. The maximum Gasteiger partial charge on any atom is 0.327 e. The highest BCUT2D eigenvalue weighted by Gasteiger charge is 2.42. The van der Waals surface area contributed by atoms with Crippen LogP contribution >= 0.6 is 11.8 Å². The minimum atomic E-state index is -0.168. The SMILES string of the molecule is CN1C=CC=C2C1=NC(=CC=C1C[N+](C)(C)CC(C=CC3=Nc4c(ccc[n+]4C)C3(C)C)=C1Sc1ccc(N)cc1)C2(C)C. The van der Waals surface area contributed by atoms with E-state index in [0.717, 1.165) is 46.3 Å². The summed E-state index contributed by atoms with van der Waals surface area (Å²) in [7, 11) is 8.76. The van der Waals surface area contributed by atoms with Crippen molar-refractivity contribution in [2.45, 2.75) is 38.0 Å². The molecule has 6 rings (SSSR count). The van der Waals surface area contributed by atoms with Crippen LogP contribution in [0.4, 0.5) is 11.5 Å². The predicted octanol–water partition coefficient (Wildman–Crippen LogP) is 6.78. The first kappa shape index (κ1) is 30.1. The van der Waals surface area contributed by atoms with Crippen molar-refractivity contribution in [2.75, 3.05) is 40.0 Å². The van der Waals surface area contributed by atoms with E-state index >= 15 is 0 Å². The van der Waals surface area contributed by atoms with Crippen LogP contribution in [0.25, 0.3) is 0 Å². The third-order valence-corrected chi connectivity index (χ3v) is 10.4. The predicted molar refractivity (Wildman–Crippen MR) is 185 cm³/mol. The van der Waals surface area contributed by atoms with Crippen LogP contribution in [0.15, 0.2) is 127 Å². The van der Waals surface area contributed by atoms with Crippen LogP contribution in [-0.4, -0.2) is 55.2 Å². The number of nitrogens with zero attached hydrogens (tertiary/aromatic N) is 5. The second kappa shape index (κ2) is 10.9. The average molecular weight is 605 g/mol. The molecular formula is C37H44N6S+2. The maximum atomic E-state index is 6.05. The number of likely N-dealkylation sites (N-methyl/N-ethyl adjacent to an activating group) is 2. The lowest BCUT2D eigenvalue weighted by Crippen LogP contribution is -2.45. The number of pyridine rings is 1. The minimum Gasteiger partial charge on any atom is -0.399 e. The lowest BCUT2D eigenvalue weighted by atomic mass is 9.81.